The molecule has 50 valence electrons. The minimum Gasteiger partial charge on any atom is -0.466 e. The normalized spacial score (nSPS) is 24.2. The molecule has 9 heavy (non-hydrogen) atoms. The highest BCUT2D eigenvalue weighted by molar-refractivity contribution is 5.89. The number of esters is 1. The first-order chi connectivity index (χ1) is 4.24. The third-order valence-electron chi connectivity index (χ3n) is 1.48. The molecular formula is C7H10O2. The van der Waals surface area contributed by atoms with Crippen molar-refractivity contribution in [3.8, 4) is 0 Å². The number of hydrogen-bond acceptors (Lipinski definition) is 2. The highest BCUT2D eigenvalue weighted by Crippen LogP contribution is 2.25. The van der Waals surface area contributed by atoms with Gasteiger partial charge in [0.25, 0.3) is 0 Å². The second-order valence-electron chi connectivity index (χ2n) is 2.36. The second-order valence-corrected chi connectivity index (χ2v) is 2.36. The number of carbonyl (C=O) groups is 1. The van der Waals surface area contributed by atoms with Gasteiger partial charge in [0.1, 0.15) is 0 Å². The van der Waals surface area contributed by atoms with Gasteiger partial charge < -0.3 is 4.74 Å². The van der Waals surface area contributed by atoms with Crippen molar-refractivity contribution in [1.82, 2.24) is 0 Å². The molecule has 0 aliphatic heterocycles. The molecule has 1 atom stereocenters. The number of carbonyl (C=O) groups excluding carboxylic acids is 1. The fourth-order valence-corrected chi connectivity index (χ4v) is 0.939. The minimum absolute atomic E-state index is 0.173. The molecule has 1 aliphatic rings. The molecule has 1 aliphatic carbocycles. The Balaban J connectivity index is 2.48. The Hall–Kier alpha value is -0.790. The monoisotopic (exact) mass is 126 g/mol. The predicted molar refractivity (Wildman–Crippen MR) is 33.9 cm³/mol. The van der Waals surface area contributed by atoms with Crippen molar-refractivity contribution in [2.75, 3.05) is 7.11 Å². The van der Waals surface area contributed by atoms with Crippen LogP contribution in [0, 0.1) is 5.92 Å². The maximum absolute atomic E-state index is 10.6. The lowest BCUT2D eigenvalue weighted by molar-refractivity contribution is -0.136. The summed E-state index contributed by atoms with van der Waals surface area (Å²) in [5.41, 5.74) is 0.824. The van der Waals surface area contributed by atoms with E-state index in [1.165, 1.54) is 7.11 Å². The molecular weight excluding hydrogens is 116 g/mol. The van der Waals surface area contributed by atoms with E-state index in [0.29, 0.717) is 5.92 Å². The van der Waals surface area contributed by atoms with Gasteiger partial charge in [0.15, 0.2) is 0 Å². The third-order valence-corrected chi connectivity index (χ3v) is 1.48. The van der Waals surface area contributed by atoms with Crippen molar-refractivity contribution in [3.63, 3.8) is 0 Å². The van der Waals surface area contributed by atoms with Gasteiger partial charge in [-0.3, -0.25) is 0 Å². The first kappa shape index (κ1) is 6.33. The van der Waals surface area contributed by atoms with E-state index in [-0.39, 0.29) is 5.97 Å². The topological polar surface area (TPSA) is 26.3 Å². The summed E-state index contributed by atoms with van der Waals surface area (Å²) in [5, 5.41) is 0. The van der Waals surface area contributed by atoms with Gasteiger partial charge in [-0.1, -0.05) is 13.0 Å². The summed E-state index contributed by atoms with van der Waals surface area (Å²) < 4.78 is 4.50. The highest BCUT2D eigenvalue weighted by atomic mass is 16.5. The zero-order valence-corrected chi connectivity index (χ0v) is 5.68. The second kappa shape index (κ2) is 2.21. The Morgan fingerprint density at radius 1 is 1.89 bits per heavy atom. The number of allylic oxidation sites excluding steroid dienone is 1. The summed E-state index contributed by atoms with van der Waals surface area (Å²) in [5.74, 6) is 0.396. The van der Waals surface area contributed by atoms with E-state index in [9.17, 15) is 4.79 Å². The van der Waals surface area contributed by atoms with Crippen LogP contribution in [0.4, 0.5) is 0 Å². The molecule has 2 heteroatoms. The van der Waals surface area contributed by atoms with E-state index in [2.05, 4.69) is 11.7 Å². The largest absolute Gasteiger partial charge is 0.466 e. The van der Waals surface area contributed by atoms with Crippen LogP contribution in [0.15, 0.2) is 11.6 Å². The molecule has 0 radical (unpaired) electrons. The molecule has 0 aromatic heterocycles. The van der Waals surface area contributed by atoms with Gasteiger partial charge in [0.05, 0.1) is 7.11 Å². The lowest BCUT2D eigenvalue weighted by Gasteiger charge is -2.18. The van der Waals surface area contributed by atoms with Crippen LogP contribution in [0.25, 0.3) is 0 Å². The van der Waals surface area contributed by atoms with E-state index in [1.807, 2.05) is 6.08 Å². The van der Waals surface area contributed by atoms with Crippen LogP contribution in [-0.4, -0.2) is 13.1 Å². The Bertz CT molecular complexity index is 158. The van der Waals surface area contributed by atoms with Crippen LogP contribution in [0.3, 0.4) is 0 Å². The molecule has 2 nitrogen and oxygen atoms in total. The van der Waals surface area contributed by atoms with E-state index in [4.69, 9.17) is 0 Å². The number of rotatable bonds is 1. The van der Waals surface area contributed by atoms with Crippen LogP contribution in [0.2, 0.25) is 0 Å². The third kappa shape index (κ3) is 1.12. The average molecular weight is 126 g/mol. The molecule has 0 aromatic rings. The predicted octanol–water partition coefficient (Wildman–Crippen LogP) is 1.13. The summed E-state index contributed by atoms with van der Waals surface area (Å²) >= 11 is 0. The van der Waals surface area contributed by atoms with Crippen molar-refractivity contribution >= 4 is 5.97 Å². The quantitative estimate of drug-likeness (QED) is 0.492. The summed E-state index contributed by atoms with van der Waals surface area (Å²) in [6.45, 7) is 2.08. The maximum Gasteiger partial charge on any atom is 0.333 e. The van der Waals surface area contributed by atoms with Gasteiger partial charge in [0.2, 0.25) is 0 Å². The van der Waals surface area contributed by atoms with E-state index in [0.717, 1.165) is 12.0 Å². The Morgan fingerprint density at radius 3 is 2.78 bits per heavy atom. The van der Waals surface area contributed by atoms with E-state index >= 15 is 0 Å². The molecule has 0 aromatic carbocycles. The standard InChI is InChI=1S/C7H10O2/c1-5-3-6(4-5)7(8)9-2/h3,5H,4H2,1-2H3. The van der Waals surface area contributed by atoms with E-state index in [1.54, 1.807) is 0 Å². The van der Waals surface area contributed by atoms with Gasteiger partial charge in [-0.15, -0.1) is 0 Å². The van der Waals surface area contributed by atoms with Crippen molar-refractivity contribution in [2.45, 2.75) is 13.3 Å². The Morgan fingerprint density at radius 2 is 2.44 bits per heavy atom. The van der Waals surface area contributed by atoms with Gasteiger partial charge in [-0.05, 0) is 12.3 Å². The van der Waals surface area contributed by atoms with Gasteiger partial charge in [0, 0.05) is 5.57 Å². The zero-order valence-electron chi connectivity index (χ0n) is 5.68. The van der Waals surface area contributed by atoms with Crippen molar-refractivity contribution in [1.29, 1.82) is 0 Å². The summed E-state index contributed by atoms with van der Waals surface area (Å²) in [7, 11) is 1.41. The number of hydrogen-bond donors (Lipinski definition) is 0. The SMILES string of the molecule is COC(=O)C1=CC(C)C1. The minimum atomic E-state index is -0.173. The van der Waals surface area contributed by atoms with Crippen LogP contribution < -0.4 is 0 Å². The summed E-state index contributed by atoms with van der Waals surface area (Å²) in [4.78, 5) is 10.6. The maximum atomic E-state index is 10.6. The number of methoxy groups -OCH3 is 1. The molecule has 0 spiro atoms. The van der Waals surface area contributed by atoms with Gasteiger partial charge >= 0.3 is 5.97 Å². The summed E-state index contributed by atoms with van der Waals surface area (Å²) in [6, 6.07) is 0. The van der Waals surface area contributed by atoms with Crippen LogP contribution in [-0.2, 0) is 9.53 Å². The van der Waals surface area contributed by atoms with Crippen molar-refractivity contribution < 1.29 is 9.53 Å². The first-order valence-corrected chi connectivity index (χ1v) is 3.03. The lowest BCUT2D eigenvalue weighted by atomic mass is 9.88. The van der Waals surface area contributed by atoms with Crippen molar-refractivity contribution in [3.05, 3.63) is 11.6 Å². The molecule has 0 N–H and O–H groups in total. The van der Waals surface area contributed by atoms with Crippen LogP contribution in [0.5, 0.6) is 0 Å². The zero-order chi connectivity index (χ0) is 6.85. The first-order valence-electron chi connectivity index (χ1n) is 3.03. The molecule has 0 heterocycles. The van der Waals surface area contributed by atoms with E-state index < -0.39 is 0 Å². The Kier molecular flexibility index (Phi) is 1.56. The van der Waals surface area contributed by atoms with Gasteiger partial charge in [-0.25, -0.2) is 4.79 Å². The molecule has 1 unspecified atom stereocenters. The van der Waals surface area contributed by atoms with Crippen molar-refractivity contribution in [2.24, 2.45) is 5.92 Å². The smallest absolute Gasteiger partial charge is 0.333 e. The van der Waals surface area contributed by atoms with Crippen LogP contribution >= 0.6 is 0 Å². The molecule has 0 fully saturated rings. The molecule has 0 saturated heterocycles. The average Bonchev–Trinajstić information content (AvgIpc) is 1.79. The van der Waals surface area contributed by atoms with Crippen LogP contribution in [0.1, 0.15) is 13.3 Å². The number of ether oxygens (including phenoxy) is 1. The molecule has 0 bridgehead atoms. The molecule has 0 saturated carbocycles. The fraction of sp³-hybridized carbons (Fsp3) is 0.571. The van der Waals surface area contributed by atoms with Gasteiger partial charge in [-0.2, -0.15) is 0 Å². The molecule has 0 amide bonds. The lowest BCUT2D eigenvalue weighted by Crippen LogP contribution is -2.15. The Labute approximate surface area is 54.5 Å². The fourth-order valence-electron chi connectivity index (χ4n) is 0.939. The highest BCUT2D eigenvalue weighted by Gasteiger charge is 2.20. The molecule has 1 rings (SSSR count). The summed E-state index contributed by atoms with van der Waals surface area (Å²) in [6.07, 6.45) is 2.82.